The van der Waals surface area contributed by atoms with E-state index >= 15 is 0 Å². The van der Waals surface area contributed by atoms with E-state index in [-0.39, 0.29) is 13.0 Å². The van der Waals surface area contributed by atoms with Crippen LogP contribution in [0.4, 0.5) is 0 Å². The summed E-state index contributed by atoms with van der Waals surface area (Å²) in [6, 6.07) is 8.26. The van der Waals surface area contributed by atoms with E-state index in [9.17, 15) is 19.2 Å². The van der Waals surface area contributed by atoms with Gasteiger partial charge in [-0.2, -0.15) is 0 Å². The highest BCUT2D eigenvalue weighted by atomic mass is 16.5. The fourth-order valence-corrected chi connectivity index (χ4v) is 3.07. The minimum absolute atomic E-state index is 0.0867. The molecule has 145 valence electrons. The molecule has 1 fully saturated rings. The van der Waals surface area contributed by atoms with Crippen LogP contribution in [0.25, 0.3) is 0 Å². The molecule has 0 bridgehead atoms. The molecule has 1 aromatic carbocycles. The zero-order valence-electron chi connectivity index (χ0n) is 15.4. The smallest absolute Gasteiger partial charge is 0.249 e. The number of Topliss-reactive ketones (excluding diaryl/α,β-unsaturated/α-hetero) is 1. The molecule has 0 spiro atoms. The number of ether oxygens (including phenoxy) is 1. The van der Waals surface area contributed by atoms with Crippen molar-refractivity contribution < 1.29 is 23.9 Å². The number of hydrogen-bond donors (Lipinski definition) is 2. The maximum absolute atomic E-state index is 12.5. The van der Waals surface area contributed by atoms with Crippen LogP contribution in [0.2, 0.25) is 0 Å². The Balaban J connectivity index is 2.06. The maximum Gasteiger partial charge on any atom is 0.249 e. The average molecular weight is 374 g/mol. The first kappa shape index (κ1) is 20.6. The molecule has 1 aliphatic heterocycles. The third kappa shape index (κ3) is 4.71. The van der Waals surface area contributed by atoms with Gasteiger partial charge in [-0.25, -0.2) is 0 Å². The van der Waals surface area contributed by atoms with Gasteiger partial charge >= 0.3 is 0 Å². The molecule has 3 amide bonds. The molecule has 1 aliphatic rings. The van der Waals surface area contributed by atoms with Crippen LogP contribution in [0.3, 0.4) is 0 Å². The number of nitrogens with zero attached hydrogens (tertiary/aromatic N) is 1. The normalized spacial score (nSPS) is 21.5. The monoisotopic (exact) mass is 374 g/mol. The van der Waals surface area contributed by atoms with E-state index in [0.29, 0.717) is 6.42 Å². The van der Waals surface area contributed by atoms with E-state index in [2.05, 4.69) is 0 Å². The Morgan fingerprint density at radius 2 is 1.89 bits per heavy atom. The number of ketones is 1. The molecule has 2 rings (SSSR count). The van der Waals surface area contributed by atoms with Gasteiger partial charge in [-0.15, -0.1) is 0 Å². The van der Waals surface area contributed by atoms with Gasteiger partial charge < -0.3 is 21.1 Å². The second-order valence-corrected chi connectivity index (χ2v) is 6.99. The Morgan fingerprint density at radius 3 is 2.44 bits per heavy atom. The second-order valence-electron chi connectivity index (χ2n) is 6.99. The number of primary amides is 2. The summed E-state index contributed by atoms with van der Waals surface area (Å²) < 4.78 is 5.07. The van der Waals surface area contributed by atoms with Crippen molar-refractivity contribution in [3.05, 3.63) is 42.3 Å². The average Bonchev–Trinajstić information content (AvgIpc) is 3.01. The predicted octanol–water partition coefficient (Wildman–Crippen LogP) is -0.405. The highest BCUT2D eigenvalue weighted by Gasteiger charge is 2.44. The lowest BCUT2D eigenvalue weighted by molar-refractivity contribution is -0.137. The SMILES string of the molecule is CN(C(=O)[CH]CC(C)(Cc1ccccc1)C(N)=O)C1C(=O)COC1C(N)=O. The van der Waals surface area contributed by atoms with E-state index in [1.54, 1.807) is 6.92 Å². The first-order valence-corrected chi connectivity index (χ1v) is 8.53. The number of benzene rings is 1. The summed E-state index contributed by atoms with van der Waals surface area (Å²) in [4.78, 5) is 49.0. The number of hydrogen-bond acceptors (Lipinski definition) is 5. The molecule has 0 aliphatic carbocycles. The van der Waals surface area contributed by atoms with Crippen LogP contribution in [0.15, 0.2) is 30.3 Å². The van der Waals surface area contributed by atoms with Gasteiger partial charge in [0.15, 0.2) is 11.9 Å². The van der Waals surface area contributed by atoms with Crippen LogP contribution in [-0.2, 0) is 30.3 Å². The predicted molar refractivity (Wildman–Crippen MR) is 96.9 cm³/mol. The highest BCUT2D eigenvalue weighted by molar-refractivity contribution is 5.99. The minimum atomic E-state index is -1.17. The highest BCUT2D eigenvalue weighted by Crippen LogP contribution is 2.28. The molecular formula is C19H24N3O5. The number of carbonyl (C=O) groups is 4. The van der Waals surface area contributed by atoms with Gasteiger partial charge in [-0.3, -0.25) is 19.2 Å². The Labute approximate surface area is 157 Å². The van der Waals surface area contributed by atoms with E-state index in [1.807, 2.05) is 30.3 Å². The van der Waals surface area contributed by atoms with Crippen molar-refractivity contribution in [2.75, 3.05) is 13.7 Å². The zero-order chi connectivity index (χ0) is 20.2. The molecule has 1 radical (unpaired) electrons. The largest absolute Gasteiger partial charge is 0.369 e. The summed E-state index contributed by atoms with van der Waals surface area (Å²) in [5.41, 5.74) is 10.7. The van der Waals surface area contributed by atoms with Crippen molar-refractivity contribution in [2.24, 2.45) is 16.9 Å². The van der Waals surface area contributed by atoms with Crippen molar-refractivity contribution in [3.63, 3.8) is 0 Å². The van der Waals surface area contributed by atoms with E-state index in [0.717, 1.165) is 10.5 Å². The summed E-state index contributed by atoms with van der Waals surface area (Å²) in [6.07, 6.45) is 0.582. The molecule has 1 aromatic rings. The summed E-state index contributed by atoms with van der Waals surface area (Å²) in [7, 11) is 1.39. The first-order chi connectivity index (χ1) is 12.7. The fraction of sp³-hybridized carbons (Fsp3) is 0.421. The first-order valence-electron chi connectivity index (χ1n) is 8.53. The maximum atomic E-state index is 12.5. The topological polar surface area (TPSA) is 133 Å². The summed E-state index contributed by atoms with van der Waals surface area (Å²) >= 11 is 0. The molecule has 3 atom stereocenters. The van der Waals surface area contributed by atoms with Crippen LogP contribution in [0.1, 0.15) is 18.9 Å². The van der Waals surface area contributed by atoms with Crippen molar-refractivity contribution in [1.29, 1.82) is 0 Å². The lowest BCUT2D eigenvalue weighted by atomic mass is 9.78. The van der Waals surface area contributed by atoms with E-state index < -0.39 is 41.1 Å². The molecular weight excluding hydrogens is 350 g/mol. The van der Waals surface area contributed by atoms with Crippen LogP contribution in [-0.4, -0.2) is 54.2 Å². The molecule has 0 saturated carbocycles. The summed E-state index contributed by atoms with van der Waals surface area (Å²) in [6.45, 7) is 1.41. The van der Waals surface area contributed by atoms with Crippen LogP contribution >= 0.6 is 0 Å². The third-order valence-corrected chi connectivity index (χ3v) is 4.83. The van der Waals surface area contributed by atoms with Crippen molar-refractivity contribution in [2.45, 2.75) is 31.9 Å². The molecule has 8 heteroatoms. The molecule has 27 heavy (non-hydrogen) atoms. The van der Waals surface area contributed by atoms with Gasteiger partial charge in [0.1, 0.15) is 12.6 Å². The van der Waals surface area contributed by atoms with Gasteiger partial charge in [0, 0.05) is 7.05 Å². The molecule has 4 N–H and O–H groups in total. The van der Waals surface area contributed by atoms with Gasteiger partial charge in [-0.1, -0.05) is 37.3 Å². The standard InChI is InChI=1S/C19H24N3O5/c1-19(18(21)26,10-12-6-4-3-5-7-12)9-8-14(24)22(2)15-13(23)11-27-16(15)17(20)25/h3-8,15-16H,9-11H2,1-2H3,(H2,20,25)(H2,21,26). The number of amides is 3. The lowest BCUT2D eigenvalue weighted by Crippen LogP contribution is -2.51. The minimum Gasteiger partial charge on any atom is -0.369 e. The van der Waals surface area contributed by atoms with Crippen molar-refractivity contribution in [1.82, 2.24) is 4.90 Å². The number of nitrogens with two attached hydrogens (primary N) is 2. The van der Waals surface area contributed by atoms with Crippen molar-refractivity contribution >= 4 is 23.5 Å². The summed E-state index contributed by atoms with van der Waals surface area (Å²) in [5, 5.41) is 0. The lowest BCUT2D eigenvalue weighted by Gasteiger charge is -2.29. The van der Waals surface area contributed by atoms with Crippen molar-refractivity contribution in [3.8, 4) is 0 Å². The molecule has 1 saturated heterocycles. The molecule has 0 aromatic heterocycles. The Hall–Kier alpha value is -2.74. The van der Waals surface area contributed by atoms with E-state index in [4.69, 9.17) is 16.2 Å². The Kier molecular flexibility index (Phi) is 6.32. The van der Waals surface area contributed by atoms with Gasteiger partial charge in [0.05, 0.1) is 11.8 Å². The second kappa shape index (κ2) is 8.30. The number of rotatable bonds is 8. The van der Waals surface area contributed by atoms with Gasteiger partial charge in [-0.05, 0) is 18.4 Å². The third-order valence-electron chi connectivity index (χ3n) is 4.83. The van der Waals surface area contributed by atoms with Gasteiger partial charge in [0.25, 0.3) is 0 Å². The van der Waals surface area contributed by atoms with E-state index in [1.165, 1.54) is 13.5 Å². The van der Waals surface area contributed by atoms with Crippen LogP contribution in [0, 0.1) is 11.8 Å². The fourth-order valence-electron chi connectivity index (χ4n) is 3.07. The van der Waals surface area contributed by atoms with Crippen LogP contribution in [0.5, 0.6) is 0 Å². The van der Waals surface area contributed by atoms with Gasteiger partial charge in [0.2, 0.25) is 17.7 Å². The molecule has 8 nitrogen and oxygen atoms in total. The number of carbonyl (C=O) groups excluding carboxylic acids is 4. The molecule has 1 heterocycles. The van der Waals surface area contributed by atoms with Crippen LogP contribution < -0.4 is 11.5 Å². The summed E-state index contributed by atoms with van der Waals surface area (Å²) in [5.74, 6) is -2.25. The Bertz CT molecular complexity index is 736. The molecule has 3 unspecified atom stereocenters. The quantitative estimate of drug-likeness (QED) is 0.638. The Morgan fingerprint density at radius 1 is 1.26 bits per heavy atom. The zero-order valence-corrected chi connectivity index (χ0v) is 15.4. The number of likely N-dealkylation sites (N-methyl/N-ethyl adjacent to an activating group) is 1.